The van der Waals surface area contributed by atoms with Crippen molar-refractivity contribution in [2.45, 2.75) is 17.3 Å². The van der Waals surface area contributed by atoms with Gasteiger partial charge in [0.2, 0.25) is 0 Å². The molecule has 0 bridgehead atoms. The average molecular weight is 431 g/mol. The number of carbonyl (C=O) groups is 1. The maximum absolute atomic E-state index is 13.6. The molecule has 0 aliphatic carbocycles. The Labute approximate surface area is 161 Å². The van der Waals surface area contributed by atoms with Crippen LogP contribution in [0.3, 0.4) is 0 Å². The van der Waals surface area contributed by atoms with Gasteiger partial charge in [-0.2, -0.15) is 18.3 Å². The molecule has 2 N–H and O–H groups in total. The Bertz CT molecular complexity index is 1140. The lowest BCUT2D eigenvalue weighted by molar-refractivity contribution is -0.142. The predicted molar refractivity (Wildman–Crippen MR) is 95.4 cm³/mol. The number of aryl methyl sites for hydroxylation is 1. The molecule has 3 aromatic rings. The Morgan fingerprint density at radius 3 is 2.43 bits per heavy atom. The van der Waals surface area contributed by atoms with Crippen molar-refractivity contribution in [3.63, 3.8) is 0 Å². The molecule has 0 fully saturated rings. The van der Waals surface area contributed by atoms with Crippen LogP contribution in [-0.4, -0.2) is 29.3 Å². The number of aromatic carboxylic acids is 1. The topological polar surface area (TPSA) is 101 Å². The number of benzene rings is 1. The van der Waals surface area contributed by atoms with Crippen molar-refractivity contribution in [3.05, 3.63) is 58.7 Å². The van der Waals surface area contributed by atoms with E-state index in [4.69, 9.17) is 5.11 Å². The molecule has 0 aliphatic rings. The number of aromatic nitrogens is 2. The Hall–Kier alpha value is -2.86. The molecule has 0 spiro atoms. The standard InChI is InChI=1S/C16H12F3N3O4S2/c1-9-7-12(27-13(9)15(23)24)28(25,26)21-11-8-20-22(14(11)16(17,18)19)10-5-3-2-4-6-10/h2-8,21H,1H3,(H,23,24). The van der Waals surface area contributed by atoms with E-state index in [-0.39, 0.29) is 16.1 Å². The van der Waals surface area contributed by atoms with Crippen molar-refractivity contribution in [1.29, 1.82) is 0 Å². The largest absolute Gasteiger partial charge is 0.477 e. The summed E-state index contributed by atoms with van der Waals surface area (Å²) in [6.45, 7) is 1.40. The van der Waals surface area contributed by atoms with Crippen molar-refractivity contribution in [3.8, 4) is 5.69 Å². The first-order valence-corrected chi connectivity index (χ1v) is 9.88. The van der Waals surface area contributed by atoms with Gasteiger partial charge in [0.15, 0.2) is 5.69 Å². The smallest absolute Gasteiger partial charge is 0.435 e. The summed E-state index contributed by atoms with van der Waals surface area (Å²) in [5.41, 5.74) is -1.78. The molecule has 1 aromatic carbocycles. The molecule has 0 radical (unpaired) electrons. The summed E-state index contributed by atoms with van der Waals surface area (Å²) in [6, 6.07) is 8.52. The van der Waals surface area contributed by atoms with E-state index < -0.39 is 37.8 Å². The van der Waals surface area contributed by atoms with E-state index in [1.54, 1.807) is 6.07 Å². The Morgan fingerprint density at radius 2 is 1.89 bits per heavy atom. The zero-order valence-electron chi connectivity index (χ0n) is 14.1. The van der Waals surface area contributed by atoms with E-state index in [2.05, 4.69) is 5.10 Å². The van der Waals surface area contributed by atoms with Gasteiger partial charge in [-0.3, -0.25) is 4.72 Å². The highest BCUT2D eigenvalue weighted by Gasteiger charge is 2.40. The van der Waals surface area contributed by atoms with E-state index in [0.717, 1.165) is 12.3 Å². The molecule has 0 saturated carbocycles. The van der Waals surface area contributed by atoms with Gasteiger partial charge in [0.05, 0.1) is 17.6 Å². The number of nitrogens with one attached hydrogen (secondary N) is 1. The molecule has 28 heavy (non-hydrogen) atoms. The first-order valence-electron chi connectivity index (χ1n) is 7.58. The van der Waals surface area contributed by atoms with E-state index in [0.29, 0.717) is 16.0 Å². The number of sulfonamides is 1. The van der Waals surface area contributed by atoms with Crippen LogP contribution in [-0.2, 0) is 16.2 Å². The second-order valence-electron chi connectivity index (χ2n) is 5.64. The van der Waals surface area contributed by atoms with Gasteiger partial charge in [-0.25, -0.2) is 17.9 Å². The van der Waals surface area contributed by atoms with Crippen LogP contribution >= 0.6 is 11.3 Å². The Balaban J connectivity index is 2.06. The fourth-order valence-electron chi connectivity index (χ4n) is 2.45. The zero-order valence-corrected chi connectivity index (χ0v) is 15.7. The van der Waals surface area contributed by atoms with Gasteiger partial charge in [0.1, 0.15) is 9.09 Å². The van der Waals surface area contributed by atoms with Gasteiger partial charge in [0.25, 0.3) is 10.0 Å². The summed E-state index contributed by atoms with van der Waals surface area (Å²) in [6.07, 6.45) is -4.15. The molecule has 12 heteroatoms. The number of carboxylic acid groups (broad SMARTS) is 1. The van der Waals surface area contributed by atoms with E-state index in [1.807, 2.05) is 4.72 Å². The Kier molecular flexibility index (Phi) is 4.93. The third-order valence-corrected chi connectivity index (χ3v) is 6.70. The number of alkyl halides is 3. The number of rotatable bonds is 5. The number of nitrogens with zero attached hydrogens (tertiary/aromatic N) is 2. The summed E-state index contributed by atoms with van der Waals surface area (Å²) >= 11 is 0.452. The second-order valence-corrected chi connectivity index (χ2v) is 8.60. The monoisotopic (exact) mass is 431 g/mol. The number of carboxylic acids is 1. The van der Waals surface area contributed by atoms with Crippen LogP contribution in [0.25, 0.3) is 5.69 Å². The molecule has 0 atom stereocenters. The number of anilines is 1. The first-order chi connectivity index (χ1) is 13.0. The van der Waals surface area contributed by atoms with Gasteiger partial charge in [-0.15, -0.1) is 11.3 Å². The molecule has 2 heterocycles. The van der Waals surface area contributed by atoms with Gasteiger partial charge in [-0.05, 0) is 30.7 Å². The average Bonchev–Trinajstić information content (AvgIpc) is 3.19. The normalized spacial score (nSPS) is 12.1. The molecule has 148 valence electrons. The Morgan fingerprint density at radius 1 is 1.25 bits per heavy atom. The minimum absolute atomic E-state index is 0.0976. The zero-order chi connectivity index (χ0) is 20.7. The lowest BCUT2D eigenvalue weighted by Gasteiger charge is -2.13. The van der Waals surface area contributed by atoms with E-state index in [1.165, 1.54) is 31.2 Å². The maximum atomic E-state index is 13.6. The maximum Gasteiger partial charge on any atom is 0.435 e. The molecule has 0 saturated heterocycles. The minimum atomic E-state index is -4.90. The van der Waals surface area contributed by atoms with Crippen LogP contribution in [0.2, 0.25) is 0 Å². The van der Waals surface area contributed by atoms with Crippen LogP contribution in [0.15, 0.2) is 46.8 Å². The highest BCUT2D eigenvalue weighted by atomic mass is 32.2. The van der Waals surface area contributed by atoms with Gasteiger partial charge >= 0.3 is 12.1 Å². The third kappa shape index (κ3) is 3.73. The molecule has 0 aliphatic heterocycles. The summed E-state index contributed by atoms with van der Waals surface area (Å²) < 4.78 is 67.9. The van der Waals surface area contributed by atoms with Crippen molar-refractivity contribution in [2.75, 3.05) is 4.72 Å². The highest BCUT2D eigenvalue weighted by molar-refractivity contribution is 7.94. The van der Waals surface area contributed by atoms with Crippen molar-refractivity contribution in [1.82, 2.24) is 9.78 Å². The summed E-state index contributed by atoms with van der Waals surface area (Å²) in [7, 11) is -4.45. The first kappa shape index (κ1) is 19.9. The predicted octanol–water partition coefficient (Wildman–Crippen LogP) is 3.76. The number of halogens is 3. The number of thiophene rings is 1. The summed E-state index contributed by atoms with van der Waals surface area (Å²) in [5, 5.41) is 12.7. The van der Waals surface area contributed by atoms with Crippen LogP contribution in [0.1, 0.15) is 20.9 Å². The molecular weight excluding hydrogens is 419 g/mol. The van der Waals surface area contributed by atoms with Crippen molar-refractivity contribution in [2.24, 2.45) is 0 Å². The quantitative estimate of drug-likeness (QED) is 0.641. The molecular formula is C16H12F3N3O4S2. The van der Waals surface area contributed by atoms with Gasteiger partial charge in [-0.1, -0.05) is 18.2 Å². The number of hydrogen-bond acceptors (Lipinski definition) is 5. The van der Waals surface area contributed by atoms with E-state index >= 15 is 0 Å². The van der Waals surface area contributed by atoms with Crippen LogP contribution < -0.4 is 4.72 Å². The van der Waals surface area contributed by atoms with Crippen LogP contribution in [0.5, 0.6) is 0 Å². The molecule has 2 aromatic heterocycles. The SMILES string of the molecule is Cc1cc(S(=O)(=O)Nc2cnn(-c3ccccc3)c2C(F)(F)F)sc1C(=O)O. The van der Waals surface area contributed by atoms with Crippen molar-refractivity contribution < 1.29 is 31.5 Å². The lowest BCUT2D eigenvalue weighted by Crippen LogP contribution is -2.18. The van der Waals surface area contributed by atoms with Crippen LogP contribution in [0.4, 0.5) is 18.9 Å². The number of hydrogen-bond donors (Lipinski definition) is 2. The number of para-hydroxylation sites is 1. The minimum Gasteiger partial charge on any atom is -0.477 e. The van der Waals surface area contributed by atoms with Crippen molar-refractivity contribution >= 4 is 33.0 Å². The molecule has 7 nitrogen and oxygen atoms in total. The fourth-order valence-corrected chi connectivity index (χ4v) is 4.88. The fraction of sp³-hybridized carbons (Fsp3) is 0.125. The third-order valence-electron chi connectivity index (χ3n) is 3.64. The van der Waals surface area contributed by atoms with Gasteiger partial charge < -0.3 is 5.11 Å². The highest BCUT2D eigenvalue weighted by Crippen LogP contribution is 2.37. The van der Waals surface area contributed by atoms with Crippen LogP contribution in [0, 0.1) is 6.92 Å². The van der Waals surface area contributed by atoms with Gasteiger partial charge in [0, 0.05) is 0 Å². The second kappa shape index (κ2) is 6.95. The summed E-state index contributed by atoms with van der Waals surface area (Å²) in [5.74, 6) is -1.32. The summed E-state index contributed by atoms with van der Waals surface area (Å²) in [4.78, 5) is 10.9. The molecule has 0 amide bonds. The lowest BCUT2D eigenvalue weighted by atomic mass is 10.3. The molecule has 0 unspecified atom stereocenters. The molecule has 3 rings (SSSR count). The van der Waals surface area contributed by atoms with E-state index in [9.17, 15) is 26.4 Å².